The third-order valence-electron chi connectivity index (χ3n) is 2.45. The maximum atomic E-state index is 11.4. The van der Waals surface area contributed by atoms with E-state index < -0.39 is 5.60 Å². The summed E-state index contributed by atoms with van der Waals surface area (Å²) in [7, 11) is 0. The van der Waals surface area contributed by atoms with Crippen LogP contribution in [-0.2, 0) is 4.74 Å². The van der Waals surface area contributed by atoms with Crippen LogP contribution in [0, 0.1) is 13.8 Å². The van der Waals surface area contributed by atoms with Gasteiger partial charge in [-0.15, -0.1) is 0 Å². The number of rotatable bonds is 4. The summed E-state index contributed by atoms with van der Waals surface area (Å²) < 4.78 is 5.14. The van der Waals surface area contributed by atoms with Crippen LogP contribution in [0.15, 0.2) is 6.08 Å². The third-order valence-corrected chi connectivity index (χ3v) is 2.45. The second-order valence-corrected chi connectivity index (χ2v) is 5.47. The van der Waals surface area contributed by atoms with Gasteiger partial charge in [-0.25, -0.2) is 4.79 Å². The van der Waals surface area contributed by atoms with E-state index in [1.807, 2.05) is 46.8 Å². The van der Waals surface area contributed by atoms with Crippen LogP contribution in [0.3, 0.4) is 0 Å². The molecule has 1 heterocycles. The molecule has 1 aromatic heterocycles. The van der Waals surface area contributed by atoms with Crippen molar-refractivity contribution in [3.63, 3.8) is 0 Å². The monoisotopic (exact) mass is 265 g/mol. The van der Waals surface area contributed by atoms with E-state index in [4.69, 9.17) is 4.74 Å². The summed E-state index contributed by atoms with van der Waals surface area (Å²) in [6.07, 6.45) is 4.41. The highest BCUT2D eigenvalue weighted by Crippen LogP contribution is 2.11. The predicted molar refractivity (Wildman–Crippen MR) is 75.9 cm³/mol. The van der Waals surface area contributed by atoms with Gasteiger partial charge in [0.2, 0.25) is 0 Å². The predicted octanol–water partition coefficient (Wildman–Crippen LogP) is 2.95. The van der Waals surface area contributed by atoms with E-state index >= 15 is 0 Å². The zero-order chi connectivity index (χ0) is 14.5. The Morgan fingerprint density at radius 2 is 2.11 bits per heavy atom. The Hall–Kier alpha value is -1.78. The van der Waals surface area contributed by atoms with Crippen molar-refractivity contribution in [3.8, 4) is 0 Å². The third kappa shape index (κ3) is 5.59. The average Bonchev–Trinajstić information content (AvgIpc) is 2.57. The maximum Gasteiger partial charge on any atom is 0.407 e. The molecule has 0 aliphatic heterocycles. The van der Waals surface area contributed by atoms with Crippen molar-refractivity contribution in [1.29, 1.82) is 0 Å². The van der Waals surface area contributed by atoms with Gasteiger partial charge in [-0.2, -0.15) is 5.10 Å². The molecule has 0 aliphatic rings. The van der Waals surface area contributed by atoms with Crippen LogP contribution >= 0.6 is 0 Å². The van der Waals surface area contributed by atoms with Crippen LogP contribution in [0.1, 0.15) is 44.1 Å². The van der Waals surface area contributed by atoms with E-state index in [0.29, 0.717) is 6.54 Å². The highest BCUT2D eigenvalue weighted by molar-refractivity contribution is 5.67. The number of amides is 1. The van der Waals surface area contributed by atoms with E-state index in [2.05, 4.69) is 15.5 Å². The van der Waals surface area contributed by atoms with Crippen molar-refractivity contribution in [2.24, 2.45) is 0 Å². The molecular formula is C14H23N3O2. The number of alkyl carbamates (subject to hydrolysis) is 1. The Morgan fingerprint density at radius 3 is 2.63 bits per heavy atom. The average molecular weight is 265 g/mol. The lowest BCUT2D eigenvalue weighted by molar-refractivity contribution is 0.0529. The first kappa shape index (κ1) is 15.3. The van der Waals surface area contributed by atoms with E-state index in [1.54, 1.807) is 0 Å². The molecule has 5 heteroatoms. The van der Waals surface area contributed by atoms with Crippen LogP contribution in [0.25, 0.3) is 6.08 Å². The number of carbonyl (C=O) groups excluding carboxylic acids is 1. The Morgan fingerprint density at radius 1 is 1.42 bits per heavy atom. The molecule has 0 spiro atoms. The zero-order valence-electron chi connectivity index (χ0n) is 12.3. The largest absolute Gasteiger partial charge is 0.444 e. The first-order chi connectivity index (χ1) is 8.79. The molecular weight excluding hydrogens is 242 g/mol. The smallest absolute Gasteiger partial charge is 0.407 e. The van der Waals surface area contributed by atoms with E-state index in [9.17, 15) is 4.79 Å². The minimum absolute atomic E-state index is 0.378. The number of nitrogens with zero attached hydrogens (tertiary/aromatic N) is 1. The Bertz CT molecular complexity index is 436. The van der Waals surface area contributed by atoms with E-state index in [0.717, 1.165) is 23.4 Å². The number of hydrogen-bond donors (Lipinski definition) is 2. The van der Waals surface area contributed by atoms with Crippen LogP contribution in [0.4, 0.5) is 4.79 Å². The van der Waals surface area contributed by atoms with Gasteiger partial charge in [0.05, 0.1) is 5.69 Å². The molecule has 0 bridgehead atoms. The first-order valence-electron chi connectivity index (χ1n) is 6.44. The molecule has 1 rings (SSSR count). The van der Waals surface area contributed by atoms with Gasteiger partial charge in [0.25, 0.3) is 0 Å². The summed E-state index contributed by atoms with van der Waals surface area (Å²) in [5.74, 6) is 0. The Kier molecular flexibility index (Phi) is 5.15. The number of carbonyl (C=O) groups is 1. The van der Waals surface area contributed by atoms with Gasteiger partial charge in [-0.1, -0.05) is 12.2 Å². The van der Waals surface area contributed by atoms with Gasteiger partial charge in [0.1, 0.15) is 5.60 Å². The number of hydrogen-bond acceptors (Lipinski definition) is 3. The fraction of sp³-hybridized carbons (Fsp3) is 0.571. The lowest BCUT2D eigenvalue weighted by Crippen LogP contribution is -2.32. The summed E-state index contributed by atoms with van der Waals surface area (Å²) >= 11 is 0. The van der Waals surface area contributed by atoms with Crippen LogP contribution in [0.2, 0.25) is 0 Å². The minimum atomic E-state index is -0.453. The normalized spacial score (nSPS) is 11.8. The van der Waals surface area contributed by atoms with Crippen molar-refractivity contribution in [1.82, 2.24) is 15.5 Å². The number of aryl methyl sites for hydroxylation is 2. The second-order valence-electron chi connectivity index (χ2n) is 5.47. The number of aromatic nitrogens is 2. The molecule has 2 N–H and O–H groups in total. The molecule has 106 valence electrons. The van der Waals surface area contributed by atoms with Crippen molar-refractivity contribution in [3.05, 3.63) is 23.0 Å². The van der Waals surface area contributed by atoms with Crippen LogP contribution in [-0.4, -0.2) is 28.4 Å². The van der Waals surface area contributed by atoms with Crippen LogP contribution < -0.4 is 5.32 Å². The number of nitrogens with one attached hydrogen (secondary N) is 2. The molecule has 0 saturated heterocycles. The molecule has 0 aromatic carbocycles. The first-order valence-corrected chi connectivity index (χ1v) is 6.44. The molecule has 0 unspecified atom stereocenters. The fourth-order valence-corrected chi connectivity index (χ4v) is 1.58. The number of aromatic amines is 1. The zero-order valence-corrected chi connectivity index (χ0v) is 12.3. The Balaban J connectivity index is 2.30. The van der Waals surface area contributed by atoms with Crippen molar-refractivity contribution >= 4 is 12.2 Å². The molecule has 0 aliphatic carbocycles. The molecule has 1 aromatic rings. The minimum Gasteiger partial charge on any atom is -0.444 e. The lowest BCUT2D eigenvalue weighted by Gasteiger charge is -2.19. The van der Waals surface area contributed by atoms with Crippen LogP contribution in [0.5, 0.6) is 0 Å². The summed E-state index contributed by atoms with van der Waals surface area (Å²) in [5.41, 5.74) is 2.69. The maximum absolute atomic E-state index is 11.4. The number of ether oxygens (including phenoxy) is 1. The summed E-state index contributed by atoms with van der Waals surface area (Å²) in [5, 5.41) is 9.76. The second kappa shape index (κ2) is 6.41. The van der Waals surface area contributed by atoms with Gasteiger partial charge >= 0.3 is 6.09 Å². The van der Waals surface area contributed by atoms with Crippen molar-refractivity contribution in [2.75, 3.05) is 6.54 Å². The Labute approximate surface area is 114 Å². The lowest BCUT2D eigenvalue weighted by atomic mass is 10.2. The van der Waals surface area contributed by atoms with Gasteiger partial charge in [0.15, 0.2) is 0 Å². The standard InChI is InChI=1S/C14H23N3O2/c1-10-12(11(2)17-16-10)8-6-7-9-15-13(18)19-14(3,4)5/h6,8H,7,9H2,1-5H3,(H,15,18)(H,16,17). The fourth-order valence-electron chi connectivity index (χ4n) is 1.58. The molecule has 0 fully saturated rings. The van der Waals surface area contributed by atoms with Gasteiger partial charge < -0.3 is 10.1 Å². The molecule has 1 amide bonds. The van der Waals surface area contributed by atoms with Gasteiger partial charge in [-0.3, -0.25) is 5.10 Å². The number of H-pyrrole nitrogens is 1. The summed E-state index contributed by atoms with van der Waals surface area (Å²) in [6.45, 7) is 10.0. The molecule has 5 nitrogen and oxygen atoms in total. The van der Waals surface area contributed by atoms with E-state index in [-0.39, 0.29) is 6.09 Å². The topological polar surface area (TPSA) is 67.0 Å². The highest BCUT2D eigenvalue weighted by atomic mass is 16.6. The molecule has 0 saturated carbocycles. The van der Waals surface area contributed by atoms with Crippen molar-refractivity contribution in [2.45, 2.75) is 46.6 Å². The van der Waals surface area contributed by atoms with Gasteiger partial charge in [0, 0.05) is 17.8 Å². The highest BCUT2D eigenvalue weighted by Gasteiger charge is 2.15. The molecule has 0 atom stereocenters. The van der Waals surface area contributed by atoms with Gasteiger partial charge in [-0.05, 0) is 41.0 Å². The molecule has 0 radical (unpaired) electrons. The summed E-state index contributed by atoms with van der Waals surface area (Å²) in [6, 6.07) is 0. The van der Waals surface area contributed by atoms with Crippen molar-refractivity contribution < 1.29 is 9.53 Å². The SMILES string of the molecule is Cc1n[nH]c(C)c1C=CCCNC(=O)OC(C)(C)C. The quantitative estimate of drug-likeness (QED) is 0.822. The van der Waals surface area contributed by atoms with E-state index in [1.165, 1.54) is 0 Å². The summed E-state index contributed by atoms with van der Waals surface area (Å²) in [4.78, 5) is 11.4. The molecule has 19 heavy (non-hydrogen) atoms.